The van der Waals surface area contributed by atoms with Gasteiger partial charge in [-0.15, -0.1) is 0 Å². The van der Waals surface area contributed by atoms with Crippen LogP contribution in [0.3, 0.4) is 0 Å². The molecule has 0 unspecified atom stereocenters. The number of thiazole rings is 1. The average Bonchev–Trinajstić information content (AvgIpc) is 3.38. The van der Waals surface area contributed by atoms with Crippen molar-refractivity contribution in [3.05, 3.63) is 40.4 Å². The molecule has 1 saturated carbocycles. The first-order valence-electron chi connectivity index (χ1n) is 9.18. The topological polar surface area (TPSA) is 80.7 Å². The summed E-state index contributed by atoms with van der Waals surface area (Å²) in [4.78, 5) is 16.6. The van der Waals surface area contributed by atoms with E-state index < -0.39 is 0 Å². The number of benzene rings is 1. The van der Waals surface area contributed by atoms with E-state index in [1.165, 1.54) is 24.2 Å². The predicted octanol–water partition coefficient (Wildman–Crippen LogP) is 4.28. The van der Waals surface area contributed by atoms with Gasteiger partial charge >= 0.3 is 0 Å². The van der Waals surface area contributed by atoms with Gasteiger partial charge in [0.05, 0.1) is 23.1 Å². The van der Waals surface area contributed by atoms with E-state index in [4.69, 9.17) is 26.2 Å². The molecule has 1 aromatic heterocycles. The van der Waals surface area contributed by atoms with Crippen molar-refractivity contribution >= 4 is 34.9 Å². The largest absolute Gasteiger partial charge is 0.493 e. The third-order valence-electron chi connectivity index (χ3n) is 4.06. The number of carbonyl (C=O) groups is 1. The number of amides is 1. The Bertz CT molecular complexity index is 835. The van der Waals surface area contributed by atoms with Gasteiger partial charge in [-0.2, -0.15) is 0 Å². The number of carbonyl (C=O) groups excluding carboxylic acids is 1. The molecule has 28 heavy (non-hydrogen) atoms. The molecule has 0 saturated heterocycles. The van der Waals surface area contributed by atoms with Gasteiger partial charge in [0.1, 0.15) is 11.5 Å². The molecule has 3 rings (SSSR count). The van der Waals surface area contributed by atoms with E-state index in [0.717, 1.165) is 17.2 Å². The van der Waals surface area contributed by atoms with E-state index in [0.29, 0.717) is 21.9 Å². The minimum absolute atomic E-state index is 0.0991. The first kappa shape index (κ1) is 20.6. The van der Waals surface area contributed by atoms with Crippen molar-refractivity contribution in [2.75, 3.05) is 13.2 Å². The second-order valence-electron chi connectivity index (χ2n) is 6.67. The summed E-state index contributed by atoms with van der Waals surface area (Å²) in [6, 6.07) is 5.22. The molecule has 1 fully saturated rings. The Morgan fingerprint density at radius 3 is 3.04 bits per heavy atom. The Morgan fingerprint density at radius 1 is 1.50 bits per heavy atom. The van der Waals surface area contributed by atoms with E-state index in [1.807, 2.05) is 25.1 Å². The van der Waals surface area contributed by atoms with Gasteiger partial charge in [-0.1, -0.05) is 29.0 Å². The van der Waals surface area contributed by atoms with Crippen LogP contribution >= 0.6 is 22.9 Å². The van der Waals surface area contributed by atoms with Crippen molar-refractivity contribution < 1.29 is 19.4 Å². The third kappa shape index (κ3) is 6.51. The highest BCUT2D eigenvalue weighted by Gasteiger charge is 2.22. The van der Waals surface area contributed by atoms with Crippen molar-refractivity contribution in [1.29, 1.82) is 0 Å². The van der Waals surface area contributed by atoms with Crippen molar-refractivity contribution in [2.24, 2.45) is 5.92 Å². The Hall–Kier alpha value is -2.09. The van der Waals surface area contributed by atoms with Crippen LogP contribution in [0.1, 0.15) is 31.1 Å². The van der Waals surface area contributed by atoms with Crippen LogP contribution in [-0.4, -0.2) is 35.3 Å². The molecule has 0 spiro atoms. The smallest absolute Gasteiger partial charge is 0.279 e. The monoisotopic (exact) mass is 422 g/mol. The zero-order chi connectivity index (χ0) is 19.9. The molecular weight excluding hydrogens is 400 g/mol. The molecule has 8 heteroatoms. The minimum atomic E-state index is -0.188. The number of ether oxygens (including phenoxy) is 2. The Labute approximate surface area is 173 Å². The Morgan fingerprint density at radius 2 is 2.32 bits per heavy atom. The number of aliphatic hydroxyl groups is 1. The van der Waals surface area contributed by atoms with Crippen molar-refractivity contribution in [1.82, 2.24) is 10.3 Å². The molecule has 1 aromatic carbocycles. The van der Waals surface area contributed by atoms with Crippen molar-refractivity contribution in [2.45, 2.75) is 32.2 Å². The predicted molar refractivity (Wildman–Crippen MR) is 110 cm³/mol. The van der Waals surface area contributed by atoms with Gasteiger partial charge in [0.15, 0.2) is 0 Å². The molecule has 6 nitrogen and oxygen atoms in total. The summed E-state index contributed by atoms with van der Waals surface area (Å²) in [5, 5.41) is 12.5. The maximum Gasteiger partial charge on any atom is 0.279 e. The first-order valence-corrected chi connectivity index (χ1v) is 10.4. The van der Waals surface area contributed by atoms with Crippen LogP contribution in [0.4, 0.5) is 0 Å². The average molecular weight is 423 g/mol. The number of nitrogens with one attached hydrogen (secondary N) is 1. The number of hydrogen-bond acceptors (Lipinski definition) is 6. The lowest BCUT2D eigenvalue weighted by Gasteiger charge is -2.08. The Balaban J connectivity index is 1.53. The highest BCUT2D eigenvalue weighted by Crippen LogP contribution is 2.35. The van der Waals surface area contributed by atoms with Crippen LogP contribution in [0.5, 0.6) is 16.7 Å². The van der Waals surface area contributed by atoms with Crippen LogP contribution < -0.4 is 14.8 Å². The van der Waals surface area contributed by atoms with Crippen LogP contribution in [-0.2, 0) is 4.79 Å². The second kappa shape index (κ2) is 9.91. The highest BCUT2D eigenvalue weighted by molar-refractivity contribution is 7.14. The summed E-state index contributed by atoms with van der Waals surface area (Å²) >= 11 is 7.67. The lowest BCUT2D eigenvalue weighted by atomic mass is 10.3. The van der Waals surface area contributed by atoms with Crippen molar-refractivity contribution in [3.8, 4) is 16.7 Å². The summed E-state index contributed by atoms with van der Waals surface area (Å²) in [5.74, 6) is 1.76. The summed E-state index contributed by atoms with van der Waals surface area (Å²) < 4.78 is 11.5. The normalized spacial score (nSPS) is 14.8. The first-order chi connectivity index (χ1) is 13.5. The van der Waals surface area contributed by atoms with Gasteiger partial charge in [0, 0.05) is 24.7 Å². The molecule has 0 aliphatic heterocycles. The summed E-state index contributed by atoms with van der Waals surface area (Å²) in [7, 11) is 0. The van der Waals surface area contributed by atoms with Gasteiger partial charge < -0.3 is 19.9 Å². The fourth-order valence-electron chi connectivity index (χ4n) is 2.36. The lowest BCUT2D eigenvalue weighted by Crippen LogP contribution is -2.31. The Kier molecular flexibility index (Phi) is 7.30. The molecule has 150 valence electrons. The van der Waals surface area contributed by atoms with Crippen LogP contribution in [0, 0.1) is 5.92 Å². The quantitative estimate of drug-likeness (QED) is 0.597. The molecule has 1 aliphatic rings. The molecule has 0 bridgehead atoms. The van der Waals surface area contributed by atoms with E-state index in [2.05, 4.69) is 10.3 Å². The standard InChI is InChI=1S/C20H23ClN2O4S/c1-13(23-19(25)8-9-24)2-6-16-11-22-20(28-16)27-18-7-5-15(10-17(18)21)26-12-14-3-4-14/h2,5-7,10-11,13-14,24H,3-4,8-9,12H2,1H3,(H,23,25)/b6-2+/t13-/m0/s1. The molecule has 1 atom stereocenters. The number of aromatic nitrogens is 1. The number of rotatable bonds is 10. The maximum atomic E-state index is 11.4. The second-order valence-corrected chi connectivity index (χ2v) is 8.10. The number of nitrogens with zero attached hydrogens (tertiary/aromatic N) is 1. The molecule has 2 N–H and O–H groups in total. The van der Waals surface area contributed by atoms with Gasteiger partial charge in [0.2, 0.25) is 5.91 Å². The van der Waals surface area contributed by atoms with Gasteiger partial charge in [-0.3, -0.25) is 4.79 Å². The van der Waals surface area contributed by atoms with Crippen LogP contribution in [0.15, 0.2) is 30.5 Å². The van der Waals surface area contributed by atoms with Crippen LogP contribution in [0.25, 0.3) is 6.08 Å². The van der Waals surface area contributed by atoms with E-state index in [-0.39, 0.29) is 25.0 Å². The zero-order valence-electron chi connectivity index (χ0n) is 15.6. The third-order valence-corrected chi connectivity index (χ3v) is 5.20. The fourth-order valence-corrected chi connectivity index (χ4v) is 3.26. The van der Waals surface area contributed by atoms with Gasteiger partial charge in [-0.25, -0.2) is 4.98 Å². The summed E-state index contributed by atoms with van der Waals surface area (Å²) in [6.45, 7) is 2.43. The number of aliphatic hydroxyl groups excluding tert-OH is 1. The van der Waals surface area contributed by atoms with Gasteiger partial charge in [-0.05, 0) is 43.9 Å². The fraction of sp³-hybridized carbons (Fsp3) is 0.400. The SMILES string of the molecule is C[C@@H](/C=C/c1cnc(Oc2ccc(OCC3CC3)cc2Cl)s1)NC(=O)CCO. The lowest BCUT2D eigenvalue weighted by molar-refractivity contribution is -0.122. The van der Waals surface area contributed by atoms with Crippen molar-refractivity contribution in [3.63, 3.8) is 0 Å². The van der Waals surface area contributed by atoms with E-state index in [1.54, 1.807) is 18.3 Å². The zero-order valence-corrected chi connectivity index (χ0v) is 17.1. The maximum absolute atomic E-state index is 11.4. The van der Waals surface area contributed by atoms with E-state index in [9.17, 15) is 4.79 Å². The summed E-state index contributed by atoms with van der Waals surface area (Å²) in [5.41, 5.74) is 0. The summed E-state index contributed by atoms with van der Waals surface area (Å²) in [6.07, 6.45) is 7.99. The molecule has 0 radical (unpaired) electrons. The number of hydrogen-bond donors (Lipinski definition) is 2. The minimum Gasteiger partial charge on any atom is -0.493 e. The molecule has 1 aliphatic carbocycles. The van der Waals surface area contributed by atoms with Gasteiger partial charge in [0.25, 0.3) is 5.19 Å². The number of halogens is 1. The van der Waals surface area contributed by atoms with E-state index >= 15 is 0 Å². The molecular formula is C20H23ClN2O4S. The highest BCUT2D eigenvalue weighted by atomic mass is 35.5. The molecule has 2 aromatic rings. The van der Waals surface area contributed by atoms with Crippen LogP contribution in [0.2, 0.25) is 5.02 Å². The molecule has 1 heterocycles. The molecule has 1 amide bonds.